The number of aryl methyl sites for hydroxylation is 2. The predicted molar refractivity (Wildman–Crippen MR) is 74.5 cm³/mol. The van der Waals surface area contributed by atoms with Crippen LogP contribution < -0.4 is 5.32 Å². The van der Waals surface area contributed by atoms with E-state index in [1.54, 1.807) is 0 Å². The average Bonchev–Trinajstić information content (AvgIpc) is 2.78. The van der Waals surface area contributed by atoms with Gasteiger partial charge in [-0.05, 0) is 37.1 Å². The van der Waals surface area contributed by atoms with Gasteiger partial charge >= 0.3 is 0 Å². The quantitative estimate of drug-likeness (QED) is 0.875. The highest BCUT2D eigenvalue weighted by atomic mass is 15.3. The van der Waals surface area contributed by atoms with Crippen LogP contribution in [0.15, 0.2) is 36.5 Å². The Morgan fingerprint density at radius 1 is 1.28 bits per heavy atom. The molecule has 0 spiro atoms. The molecule has 1 aromatic heterocycles. The summed E-state index contributed by atoms with van der Waals surface area (Å²) >= 11 is 0. The van der Waals surface area contributed by atoms with Crippen molar-refractivity contribution in [2.24, 2.45) is 7.05 Å². The Hall–Kier alpha value is -1.61. The Bertz CT molecular complexity index is 502. The molecule has 1 heterocycles. The standard InChI is InChI=1S/C15H21N3/c1-4-10-16-15(14-9-11-18(3)17-14)13-8-6-5-7-12(13)2/h5-9,11,15-16H,4,10H2,1-3H3. The zero-order valence-corrected chi connectivity index (χ0v) is 11.4. The summed E-state index contributed by atoms with van der Waals surface area (Å²) in [5.74, 6) is 0. The van der Waals surface area contributed by atoms with Gasteiger partial charge in [0.25, 0.3) is 0 Å². The van der Waals surface area contributed by atoms with Gasteiger partial charge in [0, 0.05) is 13.2 Å². The van der Waals surface area contributed by atoms with Crippen molar-refractivity contribution in [1.29, 1.82) is 0 Å². The lowest BCUT2D eigenvalue weighted by Crippen LogP contribution is -2.24. The molecular formula is C15H21N3. The van der Waals surface area contributed by atoms with Crippen LogP contribution in [-0.2, 0) is 7.05 Å². The summed E-state index contributed by atoms with van der Waals surface area (Å²) in [7, 11) is 1.96. The molecule has 0 aliphatic rings. The van der Waals surface area contributed by atoms with Crippen molar-refractivity contribution in [2.45, 2.75) is 26.3 Å². The van der Waals surface area contributed by atoms with Gasteiger partial charge in [0.2, 0.25) is 0 Å². The molecular weight excluding hydrogens is 222 g/mol. The zero-order valence-electron chi connectivity index (χ0n) is 11.4. The summed E-state index contributed by atoms with van der Waals surface area (Å²) in [6.07, 6.45) is 3.11. The van der Waals surface area contributed by atoms with Gasteiger partial charge in [0.05, 0.1) is 11.7 Å². The van der Waals surface area contributed by atoms with E-state index in [2.05, 4.69) is 54.6 Å². The maximum absolute atomic E-state index is 4.54. The number of rotatable bonds is 5. The summed E-state index contributed by atoms with van der Waals surface area (Å²) in [6, 6.07) is 10.8. The zero-order chi connectivity index (χ0) is 13.0. The third kappa shape index (κ3) is 2.79. The number of nitrogens with one attached hydrogen (secondary N) is 1. The van der Waals surface area contributed by atoms with Crippen LogP contribution in [0, 0.1) is 6.92 Å². The fourth-order valence-electron chi connectivity index (χ4n) is 2.16. The van der Waals surface area contributed by atoms with Crippen LogP contribution in [0.1, 0.15) is 36.2 Å². The molecule has 0 amide bonds. The summed E-state index contributed by atoms with van der Waals surface area (Å²) in [4.78, 5) is 0. The maximum atomic E-state index is 4.54. The van der Waals surface area contributed by atoms with Crippen molar-refractivity contribution in [3.05, 3.63) is 53.3 Å². The van der Waals surface area contributed by atoms with Gasteiger partial charge in [-0.25, -0.2) is 0 Å². The molecule has 2 rings (SSSR count). The van der Waals surface area contributed by atoms with E-state index < -0.39 is 0 Å². The summed E-state index contributed by atoms with van der Waals surface area (Å²) < 4.78 is 1.86. The Balaban J connectivity index is 2.33. The molecule has 2 aromatic rings. The normalized spacial score (nSPS) is 12.6. The van der Waals surface area contributed by atoms with Crippen molar-refractivity contribution in [1.82, 2.24) is 15.1 Å². The van der Waals surface area contributed by atoms with Crippen LogP contribution in [0.3, 0.4) is 0 Å². The molecule has 0 saturated carbocycles. The molecule has 96 valence electrons. The first-order valence-corrected chi connectivity index (χ1v) is 6.51. The van der Waals surface area contributed by atoms with Gasteiger partial charge in [-0.2, -0.15) is 5.10 Å². The van der Waals surface area contributed by atoms with E-state index in [-0.39, 0.29) is 6.04 Å². The van der Waals surface area contributed by atoms with Crippen molar-refractivity contribution in [2.75, 3.05) is 6.54 Å². The smallest absolute Gasteiger partial charge is 0.0839 e. The number of benzene rings is 1. The van der Waals surface area contributed by atoms with Gasteiger partial charge in [-0.1, -0.05) is 31.2 Å². The lowest BCUT2D eigenvalue weighted by molar-refractivity contribution is 0.573. The first-order chi connectivity index (χ1) is 8.72. The van der Waals surface area contributed by atoms with Crippen LogP contribution >= 0.6 is 0 Å². The van der Waals surface area contributed by atoms with E-state index in [9.17, 15) is 0 Å². The number of hydrogen-bond acceptors (Lipinski definition) is 2. The molecule has 3 heteroatoms. The van der Waals surface area contributed by atoms with Crippen LogP contribution in [0.25, 0.3) is 0 Å². The summed E-state index contributed by atoms with van der Waals surface area (Å²) in [5, 5.41) is 8.12. The molecule has 0 aliphatic heterocycles. The molecule has 3 nitrogen and oxygen atoms in total. The van der Waals surface area contributed by atoms with Crippen molar-refractivity contribution in [3.8, 4) is 0 Å². The predicted octanol–water partition coefficient (Wildman–Crippen LogP) is 2.82. The Kier molecular flexibility index (Phi) is 4.15. The second kappa shape index (κ2) is 5.83. The topological polar surface area (TPSA) is 29.9 Å². The Morgan fingerprint density at radius 2 is 2.06 bits per heavy atom. The van der Waals surface area contributed by atoms with E-state index in [0.29, 0.717) is 0 Å². The monoisotopic (exact) mass is 243 g/mol. The summed E-state index contributed by atoms with van der Waals surface area (Å²) in [6.45, 7) is 5.33. The molecule has 0 radical (unpaired) electrons. The van der Waals surface area contributed by atoms with E-state index in [1.165, 1.54) is 11.1 Å². The Labute approximate surface area is 109 Å². The minimum absolute atomic E-state index is 0.187. The first-order valence-electron chi connectivity index (χ1n) is 6.51. The summed E-state index contributed by atoms with van der Waals surface area (Å²) in [5.41, 5.74) is 3.70. The van der Waals surface area contributed by atoms with Crippen LogP contribution in [0.4, 0.5) is 0 Å². The van der Waals surface area contributed by atoms with Gasteiger partial charge < -0.3 is 5.32 Å². The third-order valence-electron chi connectivity index (χ3n) is 3.13. The lowest BCUT2D eigenvalue weighted by atomic mass is 9.99. The maximum Gasteiger partial charge on any atom is 0.0839 e. The fraction of sp³-hybridized carbons (Fsp3) is 0.400. The highest BCUT2D eigenvalue weighted by Crippen LogP contribution is 2.23. The minimum Gasteiger partial charge on any atom is -0.305 e. The Morgan fingerprint density at radius 3 is 2.67 bits per heavy atom. The van der Waals surface area contributed by atoms with E-state index in [0.717, 1.165) is 18.7 Å². The van der Waals surface area contributed by atoms with Gasteiger partial charge in [0.15, 0.2) is 0 Å². The SMILES string of the molecule is CCCNC(c1ccn(C)n1)c1ccccc1C. The molecule has 0 aliphatic carbocycles. The number of aromatic nitrogens is 2. The number of nitrogens with zero attached hydrogens (tertiary/aromatic N) is 2. The molecule has 1 atom stereocenters. The van der Waals surface area contributed by atoms with E-state index in [1.807, 2.05) is 17.9 Å². The van der Waals surface area contributed by atoms with Crippen molar-refractivity contribution < 1.29 is 0 Å². The second-order valence-electron chi connectivity index (χ2n) is 4.66. The highest BCUT2D eigenvalue weighted by Gasteiger charge is 2.17. The average molecular weight is 243 g/mol. The molecule has 18 heavy (non-hydrogen) atoms. The van der Waals surface area contributed by atoms with Crippen molar-refractivity contribution in [3.63, 3.8) is 0 Å². The molecule has 1 N–H and O–H groups in total. The highest BCUT2D eigenvalue weighted by molar-refractivity contribution is 5.33. The van der Waals surface area contributed by atoms with Crippen LogP contribution in [-0.4, -0.2) is 16.3 Å². The fourth-order valence-corrected chi connectivity index (χ4v) is 2.16. The van der Waals surface area contributed by atoms with Crippen LogP contribution in [0.2, 0.25) is 0 Å². The third-order valence-corrected chi connectivity index (χ3v) is 3.13. The largest absolute Gasteiger partial charge is 0.305 e. The number of hydrogen-bond donors (Lipinski definition) is 1. The van der Waals surface area contributed by atoms with E-state index in [4.69, 9.17) is 0 Å². The first kappa shape index (κ1) is 12.8. The molecule has 0 bridgehead atoms. The van der Waals surface area contributed by atoms with Gasteiger partial charge in [-0.3, -0.25) is 4.68 Å². The van der Waals surface area contributed by atoms with Crippen molar-refractivity contribution >= 4 is 0 Å². The second-order valence-corrected chi connectivity index (χ2v) is 4.66. The van der Waals surface area contributed by atoms with Gasteiger partial charge in [0.1, 0.15) is 0 Å². The molecule has 0 fully saturated rings. The molecule has 1 aromatic carbocycles. The van der Waals surface area contributed by atoms with E-state index >= 15 is 0 Å². The van der Waals surface area contributed by atoms with Gasteiger partial charge in [-0.15, -0.1) is 0 Å². The van der Waals surface area contributed by atoms with Crippen LogP contribution in [0.5, 0.6) is 0 Å². The molecule has 1 unspecified atom stereocenters. The minimum atomic E-state index is 0.187. The lowest BCUT2D eigenvalue weighted by Gasteiger charge is -2.19. The molecule has 0 saturated heterocycles.